The second kappa shape index (κ2) is 5.18. The van der Waals surface area contributed by atoms with Crippen molar-refractivity contribution in [1.82, 2.24) is 9.55 Å². The van der Waals surface area contributed by atoms with Crippen LogP contribution in [0.1, 0.15) is 5.56 Å². The summed E-state index contributed by atoms with van der Waals surface area (Å²) in [5.41, 5.74) is 1.08. The van der Waals surface area contributed by atoms with Crippen LogP contribution in [0.25, 0.3) is 6.08 Å². The Morgan fingerprint density at radius 1 is 1.28 bits per heavy atom. The number of benzene rings is 1. The van der Waals surface area contributed by atoms with Crippen LogP contribution >= 0.6 is 0 Å². The Bertz CT molecular complexity index is 643. The van der Waals surface area contributed by atoms with Gasteiger partial charge in [0.2, 0.25) is 15.0 Å². The van der Waals surface area contributed by atoms with Crippen LogP contribution in [0.5, 0.6) is 0 Å². The van der Waals surface area contributed by atoms with Gasteiger partial charge in [-0.05, 0) is 5.56 Å². The van der Waals surface area contributed by atoms with Crippen molar-refractivity contribution in [3.05, 3.63) is 54.4 Å². The highest BCUT2D eigenvalue weighted by Gasteiger charge is 2.13. The van der Waals surface area contributed by atoms with Crippen molar-refractivity contribution in [3.8, 4) is 0 Å². The fraction of sp³-hybridized carbons (Fsp3) is 0.154. The van der Waals surface area contributed by atoms with Gasteiger partial charge in [-0.15, -0.1) is 0 Å². The van der Waals surface area contributed by atoms with Crippen molar-refractivity contribution in [2.24, 2.45) is 0 Å². The standard InChI is InChI=1S/C13H14N2O2S/c1-18(16,17)13-14-9-11-15(13)10-5-8-12-6-3-2-4-7-12/h2-9,11H,10H2,1H3/b8-5+. The molecule has 18 heavy (non-hydrogen) atoms. The maximum Gasteiger partial charge on any atom is 0.227 e. The molecule has 0 aliphatic heterocycles. The molecule has 4 nitrogen and oxygen atoms in total. The maximum absolute atomic E-state index is 11.4. The molecule has 0 atom stereocenters. The van der Waals surface area contributed by atoms with Crippen molar-refractivity contribution in [2.75, 3.05) is 6.26 Å². The second-order valence-electron chi connectivity index (χ2n) is 3.95. The summed E-state index contributed by atoms with van der Waals surface area (Å²) in [4.78, 5) is 3.85. The van der Waals surface area contributed by atoms with Crippen LogP contribution in [0.15, 0.2) is 54.0 Å². The average Bonchev–Trinajstić information content (AvgIpc) is 2.78. The minimum atomic E-state index is -3.27. The van der Waals surface area contributed by atoms with Gasteiger partial charge in [-0.3, -0.25) is 0 Å². The highest BCUT2D eigenvalue weighted by atomic mass is 32.2. The molecular weight excluding hydrogens is 248 g/mol. The van der Waals surface area contributed by atoms with Crippen LogP contribution in [-0.2, 0) is 16.4 Å². The molecule has 0 aliphatic carbocycles. The first-order valence-corrected chi connectivity index (χ1v) is 7.39. The number of hydrogen-bond acceptors (Lipinski definition) is 3. The smallest absolute Gasteiger partial charge is 0.227 e. The summed E-state index contributed by atoms with van der Waals surface area (Å²) in [6.07, 6.45) is 8.17. The molecule has 0 unspecified atom stereocenters. The minimum Gasteiger partial charge on any atom is -0.318 e. The van der Waals surface area contributed by atoms with Gasteiger partial charge in [0, 0.05) is 25.2 Å². The average molecular weight is 262 g/mol. The van der Waals surface area contributed by atoms with Gasteiger partial charge in [0.05, 0.1) is 0 Å². The van der Waals surface area contributed by atoms with E-state index in [4.69, 9.17) is 0 Å². The van der Waals surface area contributed by atoms with Crippen LogP contribution in [0.3, 0.4) is 0 Å². The van der Waals surface area contributed by atoms with Crippen molar-refractivity contribution < 1.29 is 8.42 Å². The van der Waals surface area contributed by atoms with Gasteiger partial charge in [-0.25, -0.2) is 13.4 Å². The third-order valence-electron chi connectivity index (χ3n) is 2.42. The van der Waals surface area contributed by atoms with Crippen LogP contribution < -0.4 is 0 Å². The van der Waals surface area contributed by atoms with E-state index in [1.807, 2.05) is 42.5 Å². The number of aromatic nitrogens is 2. The summed E-state index contributed by atoms with van der Waals surface area (Å²) in [5.74, 6) is 0. The van der Waals surface area contributed by atoms with Gasteiger partial charge in [0.15, 0.2) is 0 Å². The van der Waals surface area contributed by atoms with E-state index in [0.717, 1.165) is 11.8 Å². The molecule has 0 amide bonds. The lowest BCUT2D eigenvalue weighted by Gasteiger charge is -2.02. The first kappa shape index (κ1) is 12.6. The van der Waals surface area contributed by atoms with Gasteiger partial charge in [0.1, 0.15) is 0 Å². The molecule has 1 aromatic heterocycles. The molecule has 2 rings (SSSR count). The molecule has 1 aromatic carbocycles. The fourth-order valence-electron chi connectivity index (χ4n) is 1.63. The number of rotatable bonds is 4. The molecule has 0 aliphatic rings. The van der Waals surface area contributed by atoms with Gasteiger partial charge in [-0.1, -0.05) is 42.5 Å². The summed E-state index contributed by atoms with van der Waals surface area (Å²) in [6.45, 7) is 0.483. The Hall–Kier alpha value is -1.88. The maximum atomic E-state index is 11.4. The van der Waals surface area contributed by atoms with Crippen molar-refractivity contribution in [3.63, 3.8) is 0 Å². The summed E-state index contributed by atoms with van der Waals surface area (Å²) >= 11 is 0. The molecule has 5 heteroatoms. The third-order valence-corrected chi connectivity index (χ3v) is 3.42. The van der Waals surface area contributed by atoms with Crippen molar-refractivity contribution >= 4 is 15.9 Å². The van der Waals surface area contributed by atoms with Crippen LogP contribution in [0.2, 0.25) is 0 Å². The SMILES string of the molecule is CS(=O)(=O)c1nccn1C/C=C/c1ccccc1. The molecular formula is C13H14N2O2S. The second-order valence-corrected chi connectivity index (χ2v) is 5.86. The summed E-state index contributed by atoms with van der Waals surface area (Å²) in [5, 5.41) is 0.0974. The molecule has 94 valence electrons. The van der Waals surface area contributed by atoms with E-state index in [1.165, 1.54) is 6.20 Å². The van der Waals surface area contributed by atoms with Gasteiger partial charge in [0.25, 0.3) is 0 Å². The molecule has 0 spiro atoms. The Balaban J connectivity index is 2.12. The lowest BCUT2D eigenvalue weighted by Crippen LogP contribution is -2.07. The molecule has 2 aromatic rings. The van der Waals surface area contributed by atoms with Crippen molar-refractivity contribution in [1.29, 1.82) is 0 Å². The number of allylic oxidation sites excluding steroid dienone is 1. The predicted octanol–water partition coefficient (Wildman–Crippen LogP) is 2.00. The Labute approximate surface area is 107 Å². The van der Waals surface area contributed by atoms with E-state index in [0.29, 0.717) is 6.54 Å². The molecule has 0 radical (unpaired) electrons. The first-order chi connectivity index (χ1) is 8.57. The molecule has 0 fully saturated rings. The summed E-state index contributed by atoms with van der Waals surface area (Å²) in [7, 11) is -3.27. The van der Waals surface area contributed by atoms with E-state index < -0.39 is 9.84 Å². The molecule has 0 N–H and O–H groups in total. The Morgan fingerprint density at radius 3 is 2.67 bits per heavy atom. The topological polar surface area (TPSA) is 52.0 Å². The number of sulfone groups is 1. The van der Waals surface area contributed by atoms with E-state index in [-0.39, 0.29) is 5.16 Å². The quantitative estimate of drug-likeness (QED) is 0.846. The Morgan fingerprint density at radius 2 is 2.00 bits per heavy atom. The van der Waals surface area contributed by atoms with Crippen molar-refractivity contribution in [2.45, 2.75) is 11.7 Å². The number of nitrogens with zero attached hydrogens (tertiary/aromatic N) is 2. The first-order valence-electron chi connectivity index (χ1n) is 5.50. The number of hydrogen-bond donors (Lipinski definition) is 0. The Kier molecular flexibility index (Phi) is 3.62. The zero-order valence-electron chi connectivity index (χ0n) is 10.0. The fourth-order valence-corrected chi connectivity index (χ4v) is 2.44. The predicted molar refractivity (Wildman–Crippen MR) is 70.8 cm³/mol. The van der Waals surface area contributed by atoms with Crippen LogP contribution in [0.4, 0.5) is 0 Å². The minimum absolute atomic E-state index is 0.0974. The highest BCUT2D eigenvalue weighted by Crippen LogP contribution is 2.07. The van der Waals surface area contributed by atoms with Crippen LogP contribution in [-0.4, -0.2) is 24.2 Å². The van der Waals surface area contributed by atoms with E-state index in [1.54, 1.807) is 10.8 Å². The third kappa shape index (κ3) is 3.07. The van der Waals surface area contributed by atoms with Gasteiger partial charge < -0.3 is 4.57 Å². The summed E-state index contributed by atoms with van der Waals surface area (Å²) in [6, 6.07) is 9.84. The monoisotopic (exact) mass is 262 g/mol. The van der Waals surface area contributed by atoms with Gasteiger partial charge >= 0.3 is 0 Å². The van der Waals surface area contributed by atoms with E-state index in [9.17, 15) is 8.42 Å². The molecule has 0 saturated carbocycles. The highest BCUT2D eigenvalue weighted by molar-refractivity contribution is 7.90. The lowest BCUT2D eigenvalue weighted by atomic mass is 10.2. The molecule has 1 heterocycles. The lowest BCUT2D eigenvalue weighted by molar-refractivity contribution is 0.580. The normalized spacial score (nSPS) is 12.1. The van der Waals surface area contributed by atoms with Gasteiger partial charge in [-0.2, -0.15) is 0 Å². The van der Waals surface area contributed by atoms with E-state index in [2.05, 4.69) is 4.98 Å². The van der Waals surface area contributed by atoms with Crippen LogP contribution in [0, 0.1) is 0 Å². The van der Waals surface area contributed by atoms with E-state index >= 15 is 0 Å². The zero-order chi connectivity index (χ0) is 13.0. The zero-order valence-corrected chi connectivity index (χ0v) is 10.8. The summed E-state index contributed by atoms with van der Waals surface area (Å²) < 4.78 is 24.5. The largest absolute Gasteiger partial charge is 0.318 e. The molecule has 0 bridgehead atoms. The number of imidazole rings is 1. The molecule has 0 saturated heterocycles.